The quantitative estimate of drug-likeness (QED) is 0.842. The number of β-amino-alcohol motifs (C(OH)–C–C–N with tert-alkyl or cyclic N) is 1. The van der Waals surface area contributed by atoms with Crippen molar-refractivity contribution in [1.29, 1.82) is 0 Å². The molecule has 1 heterocycles. The van der Waals surface area contributed by atoms with Crippen LogP contribution in [0.15, 0.2) is 48.5 Å². The van der Waals surface area contributed by atoms with Crippen molar-refractivity contribution in [3.63, 3.8) is 0 Å². The van der Waals surface area contributed by atoms with Crippen LogP contribution in [0.5, 0.6) is 0 Å². The fourth-order valence-corrected chi connectivity index (χ4v) is 2.87. The molecule has 0 saturated heterocycles. The average Bonchev–Trinajstić information content (AvgIpc) is 2.48. The lowest BCUT2D eigenvalue weighted by Crippen LogP contribution is -2.33. The van der Waals surface area contributed by atoms with Crippen molar-refractivity contribution in [2.45, 2.75) is 18.9 Å². The highest BCUT2D eigenvalue weighted by molar-refractivity contribution is 5.61. The van der Waals surface area contributed by atoms with Gasteiger partial charge in [0.2, 0.25) is 0 Å². The Kier molecular flexibility index (Phi) is 3.61. The number of benzene rings is 2. The van der Waals surface area contributed by atoms with E-state index in [-0.39, 0.29) is 0 Å². The van der Waals surface area contributed by atoms with Gasteiger partial charge in [-0.15, -0.1) is 0 Å². The van der Waals surface area contributed by atoms with E-state index in [0.717, 1.165) is 30.6 Å². The van der Waals surface area contributed by atoms with Gasteiger partial charge in [0, 0.05) is 24.5 Å². The minimum absolute atomic E-state index is 0.459. The van der Waals surface area contributed by atoms with Gasteiger partial charge in [-0.05, 0) is 42.2 Å². The van der Waals surface area contributed by atoms with Crippen LogP contribution >= 0.6 is 0 Å². The summed E-state index contributed by atoms with van der Waals surface area (Å²) in [5.74, 6) is 0. The van der Waals surface area contributed by atoms with E-state index in [1.54, 1.807) is 0 Å². The lowest BCUT2D eigenvalue weighted by Gasteiger charge is -2.33. The molecule has 2 aromatic carbocycles. The molecule has 1 unspecified atom stereocenters. The molecule has 0 radical (unpaired) electrons. The number of anilines is 2. The number of hydrogen-bond donors (Lipinski definition) is 2. The Morgan fingerprint density at radius 3 is 2.75 bits per heavy atom. The molecule has 3 N–H and O–H groups in total. The molecule has 0 spiro atoms. The van der Waals surface area contributed by atoms with Crippen LogP contribution in [0.1, 0.15) is 23.7 Å². The molecule has 0 aliphatic carbocycles. The van der Waals surface area contributed by atoms with E-state index in [1.165, 1.54) is 11.3 Å². The molecular weight excluding hydrogens is 248 g/mol. The van der Waals surface area contributed by atoms with Crippen LogP contribution in [0.25, 0.3) is 0 Å². The molecule has 0 saturated carbocycles. The molecule has 3 rings (SSSR count). The van der Waals surface area contributed by atoms with E-state index >= 15 is 0 Å². The maximum absolute atomic E-state index is 10.4. The average molecular weight is 268 g/mol. The number of fused-ring (bicyclic) bond motifs is 1. The number of aryl methyl sites for hydroxylation is 1. The van der Waals surface area contributed by atoms with Crippen LogP contribution in [0, 0.1) is 0 Å². The highest BCUT2D eigenvalue weighted by atomic mass is 16.3. The fraction of sp³-hybridized carbons (Fsp3) is 0.294. The molecule has 1 aliphatic heterocycles. The van der Waals surface area contributed by atoms with E-state index in [9.17, 15) is 5.11 Å². The number of nitrogens with zero attached hydrogens (tertiary/aromatic N) is 1. The van der Waals surface area contributed by atoms with Crippen molar-refractivity contribution < 1.29 is 5.11 Å². The molecule has 2 aromatic rings. The number of aliphatic hydroxyl groups is 1. The Morgan fingerprint density at radius 1 is 1.15 bits per heavy atom. The first-order chi connectivity index (χ1) is 9.74. The predicted molar refractivity (Wildman–Crippen MR) is 82.8 cm³/mol. The summed E-state index contributed by atoms with van der Waals surface area (Å²) in [6.45, 7) is 1.61. The first kappa shape index (κ1) is 13.0. The highest BCUT2D eigenvalue weighted by Gasteiger charge is 2.20. The standard InChI is InChI=1S/C17H20N2O/c18-15-8-9-16-14(11-15)7-4-10-19(16)12-17(20)13-5-2-1-3-6-13/h1-3,5-6,8-9,11,17,20H,4,7,10,12,18H2. The van der Waals surface area contributed by atoms with Gasteiger partial charge in [-0.2, -0.15) is 0 Å². The molecule has 20 heavy (non-hydrogen) atoms. The summed E-state index contributed by atoms with van der Waals surface area (Å²) < 4.78 is 0. The Balaban J connectivity index is 1.80. The van der Waals surface area contributed by atoms with Gasteiger partial charge < -0.3 is 15.7 Å². The van der Waals surface area contributed by atoms with E-state index < -0.39 is 6.10 Å². The van der Waals surface area contributed by atoms with Crippen molar-refractivity contribution in [3.05, 3.63) is 59.7 Å². The predicted octanol–water partition coefficient (Wildman–Crippen LogP) is 2.76. The third-order valence-electron chi connectivity index (χ3n) is 3.90. The van der Waals surface area contributed by atoms with Crippen LogP contribution in [0.4, 0.5) is 11.4 Å². The molecule has 0 bridgehead atoms. The highest BCUT2D eigenvalue weighted by Crippen LogP contribution is 2.30. The summed E-state index contributed by atoms with van der Waals surface area (Å²) in [7, 11) is 0. The maximum atomic E-state index is 10.4. The van der Waals surface area contributed by atoms with Crippen LogP contribution in [0.2, 0.25) is 0 Å². The minimum Gasteiger partial charge on any atom is -0.399 e. The summed E-state index contributed by atoms with van der Waals surface area (Å²) >= 11 is 0. The number of nitrogens with two attached hydrogens (primary N) is 1. The maximum Gasteiger partial charge on any atom is 0.0964 e. The van der Waals surface area contributed by atoms with Crippen LogP contribution in [-0.4, -0.2) is 18.2 Å². The van der Waals surface area contributed by atoms with Gasteiger partial charge in [0.15, 0.2) is 0 Å². The largest absolute Gasteiger partial charge is 0.399 e. The van der Waals surface area contributed by atoms with Gasteiger partial charge in [-0.25, -0.2) is 0 Å². The molecular formula is C17H20N2O. The van der Waals surface area contributed by atoms with Gasteiger partial charge in [-0.3, -0.25) is 0 Å². The Bertz CT molecular complexity index is 583. The van der Waals surface area contributed by atoms with E-state index in [4.69, 9.17) is 5.73 Å². The van der Waals surface area contributed by atoms with Crippen molar-refractivity contribution in [1.82, 2.24) is 0 Å². The number of aliphatic hydroxyl groups excluding tert-OH is 1. The zero-order chi connectivity index (χ0) is 13.9. The topological polar surface area (TPSA) is 49.5 Å². The summed E-state index contributed by atoms with van der Waals surface area (Å²) in [5.41, 5.74) is 10.1. The van der Waals surface area contributed by atoms with E-state index in [1.807, 2.05) is 36.4 Å². The summed E-state index contributed by atoms with van der Waals surface area (Å²) in [5, 5.41) is 10.4. The van der Waals surface area contributed by atoms with Gasteiger partial charge in [-0.1, -0.05) is 30.3 Å². The van der Waals surface area contributed by atoms with Gasteiger partial charge in [0.05, 0.1) is 6.10 Å². The summed E-state index contributed by atoms with van der Waals surface area (Å²) in [4.78, 5) is 2.26. The zero-order valence-electron chi connectivity index (χ0n) is 11.5. The lowest BCUT2D eigenvalue weighted by molar-refractivity contribution is 0.183. The zero-order valence-corrected chi connectivity index (χ0v) is 11.5. The van der Waals surface area contributed by atoms with Crippen molar-refractivity contribution in [3.8, 4) is 0 Å². The normalized spacial score (nSPS) is 15.8. The van der Waals surface area contributed by atoms with E-state index in [2.05, 4.69) is 17.0 Å². The molecule has 0 fully saturated rings. The molecule has 104 valence electrons. The molecule has 1 atom stereocenters. The minimum atomic E-state index is -0.459. The van der Waals surface area contributed by atoms with Crippen LogP contribution < -0.4 is 10.6 Å². The number of nitrogen functional groups attached to an aromatic ring is 1. The van der Waals surface area contributed by atoms with Gasteiger partial charge in [0.25, 0.3) is 0 Å². The number of rotatable bonds is 3. The summed E-state index contributed by atoms with van der Waals surface area (Å²) in [6.07, 6.45) is 1.72. The Morgan fingerprint density at radius 2 is 1.95 bits per heavy atom. The first-order valence-corrected chi connectivity index (χ1v) is 7.10. The van der Waals surface area contributed by atoms with Crippen LogP contribution in [-0.2, 0) is 6.42 Å². The van der Waals surface area contributed by atoms with Crippen molar-refractivity contribution in [2.24, 2.45) is 0 Å². The monoisotopic (exact) mass is 268 g/mol. The Hall–Kier alpha value is -2.00. The van der Waals surface area contributed by atoms with Crippen molar-refractivity contribution in [2.75, 3.05) is 23.7 Å². The SMILES string of the molecule is Nc1ccc2c(c1)CCCN2CC(O)c1ccccc1. The molecule has 3 heteroatoms. The lowest BCUT2D eigenvalue weighted by atomic mass is 10.00. The third-order valence-corrected chi connectivity index (χ3v) is 3.90. The molecule has 3 nitrogen and oxygen atoms in total. The fourth-order valence-electron chi connectivity index (χ4n) is 2.87. The second kappa shape index (κ2) is 5.55. The van der Waals surface area contributed by atoms with Gasteiger partial charge in [0.1, 0.15) is 0 Å². The second-order valence-electron chi connectivity index (χ2n) is 5.36. The number of hydrogen-bond acceptors (Lipinski definition) is 3. The summed E-state index contributed by atoms with van der Waals surface area (Å²) in [6, 6.07) is 15.9. The van der Waals surface area contributed by atoms with Crippen molar-refractivity contribution >= 4 is 11.4 Å². The van der Waals surface area contributed by atoms with Crippen LogP contribution in [0.3, 0.4) is 0 Å². The molecule has 1 aliphatic rings. The Labute approximate surface area is 119 Å². The second-order valence-corrected chi connectivity index (χ2v) is 5.36. The third kappa shape index (κ3) is 2.63. The van der Waals surface area contributed by atoms with E-state index in [0.29, 0.717) is 6.54 Å². The molecule has 0 aromatic heterocycles. The molecule has 0 amide bonds. The first-order valence-electron chi connectivity index (χ1n) is 7.10. The smallest absolute Gasteiger partial charge is 0.0964 e. The van der Waals surface area contributed by atoms with Gasteiger partial charge >= 0.3 is 0 Å².